The predicted octanol–water partition coefficient (Wildman–Crippen LogP) is 4.21. The molecule has 0 spiro atoms. The van der Waals surface area contributed by atoms with E-state index in [1.165, 1.54) is 16.5 Å². The Hall–Kier alpha value is -1.48. The van der Waals surface area contributed by atoms with Crippen molar-refractivity contribution in [2.24, 2.45) is 0 Å². The molecule has 1 N–H and O–H groups in total. The van der Waals surface area contributed by atoms with Gasteiger partial charge >= 0.3 is 0 Å². The molecule has 1 aromatic carbocycles. The molecule has 0 atom stereocenters. The van der Waals surface area contributed by atoms with Gasteiger partial charge in [-0.2, -0.15) is 0 Å². The van der Waals surface area contributed by atoms with E-state index >= 15 is 0 Å². The predicted molar refractivity (Wildman–Crippen MR) is 86.0 cm³/mol. The zero-order chi connectivity index (χ0) is 15.0. The zero-order valence-electron chi connectivity index (χ0n) is 13.5. The zero-order valence-corrected chi connectivity index (χ0v) is 13.5. The van der Waals surface area contributed by atoms with Gasteiger partial charge in [-0.25, -0.2) is 0 Å². The molecule has 2 heterocycles. The molecule has 114 valence electrons. The van der Waals surface area contributed by atoms with Gasteiger partial charge in [0.05, 0.1) is 6.54 Å². The molecule has 0 unspecified atom stereocenters. The second-order valence-corrected chi connectivity index (χ2v) is 6.50. The third kappa shape index (κ3) is 2.55. The van der Waals surface area contributed by atoms with Crippen molar-refractivity contribution in [3.63, 3.8) is 0 Å². The molecule has 1 aliphatic rings. The third-order valence-electron chi connectivity index (χ3n) is 4.14. The van der Waals surface area contributed by atoms with E-state index < -0.39 is 0 Å². The van der Waals surface area contributed by atoms with Crippen molar-refractivity contribution in [1.82, 2.24) is 5.32 Å². The summed E-state index contributed by atoms with van der Waals surface area (Å²) in [7, 11) is 0. The third-order valence-corrected chi connectivity index (χ3v) is 4.14. The molecular formula is C18H25NO2. The summed E-state index contributed by atoms with van der Waals surface area (Å²) in [6.07, 6.45) is 3.07. The van der Waals surface area contributed by atoms with E-state index in [1.54, 1.807) is 0 Å². The SMILES string of the molecule is CCCNCc1oc2c3c(ccc2c1CC)CC(C)(C)O3. The smallest absolute Gasteiger partial charge is 0.176 e. The fourth-order valence-corrected chi connectivity index (χ4v) is 3.21. The van der Waals surface area contributed by atoms with Crippen LogP contribution in [0.5, 0.6) is 5.75 Å². The molecule has 0 amide bonds. The van der Waals surface area contributed by atoms with Crippen LogP contribution in [0.4, 0.5) is 0 Å². The Bertz CT molecular complexity index is 655. The number of aryl methyl sites for hydroxylation is 1. The second kappa shape index (κ2) is 5.38. The van der Waals surface area contributed by atoms with Crippen molar-refractivity contribution in [1.29, 1.82) is 0 Å². The Labute approximate surface area is 126 Å². The number of benzene rings is 1. The fourth-order valence-electron chi connectivity index (χ4n) is 3.21. The van der Waals surface area contributed by atoms with Crippen LogP contribution in [0.25, 0.3) is 11.0 Å². The van der Waals surface area contributed by atoms with Crippen LogP contribution in [0.15, 0.2) is 16.5 Å². The highest BCUT2D eigenvalue weighted by Crippen LogP contribution is 2.43. The van der Waals surface area contributed by atoms with E-state index in [-0.39, 0.29) is 5.60 Å². The lowest BCUT2D eigenvalue weighted by atomic mass is 10.00. The molecule has 1 aliphatic heterocycles. The Kier molecular flexibility index (Phi) is 3.70. The average Bonchev–Trinajstić information content (AvgIpc) is 2.94. The van der Waals surface area contributed by atoms with Gasteiger partial charge in [-0.1, -0.05) is 26.0 Å². The minimum absolute atomic E-state index is 0.129. The number of hydrogen-bond acceptors (Lipinski definition) is 3. The monoisotopic (exact) mass is 287 g/mol. The fraction of sp³-hybridized carbons (Fsp3) is 0.556. The first-order valence-corrected chi connectivity index (χ1v) is 8.01. The molecule has 3 heteroatoms. The summed E-state index contributed by atoms with van der Waals surface area (Å²) in [5, 5.41) is 4.65. The first-order chi connectivity index (χ1) is 10.1. The van der Waals surface area contributed by atoms with Crippen molar-refractivity contribution >= 4 is 11.0 Å². The molecule has 0 aliphatic carbocycles. The summed E-state index contributed by atoms with van der Waals surface area (Å²) in [6, 6.07) is 4.40. The molecule has 0 radical (unpaired) electrons. The summed E-state index contributed by atoms with van der Waals surface area (Å²) in [4.78, 5) is 0. The van der Waals surface area contributed by atoms with Crippen molar-refractivity contribution in [2.75, 3.05) is 6.54 Å². The van der Waals surface area contributed by atoms with E-state index in [4.69, 9.17) is 9.15 Å². The van der Waals surface area contributed by atoms with Crippen LogP contribution in [0, 0.1) is 0 Å². The van der Waals surface area contributed by atoms with E-state index in [0.29, 0.717) is 0 Å². The number of rotatable bonds is 5. The molecule has 1 aromatic heterocycles. The van der Waals surface area contributed by atoms with Crippen LogP contribution in [-0.4, -0.2) is 12.1 Å². The summed E-state index contributed by atoms with van der Waals surface area (Å²) in [6.45, 7) is 10.4. The largest absolute Gasteiger partial charge is 0.483 e. The maximum absolute atomic E-state index is 6.19. The maximum atomic E-state index is 6.19. The van der Waals surface area contributed by atoms with Gasteiger partial charge in [0.25, 0.3) is 0 Å². The highest BCUT2D eigenvalue weighted by molar-refractivity contribution is 5.89. The Balaban J connectivity index is 2.04. The quantitative estimate of drug-likeness (QED) is 0.837. The van der Waals surface area contributed by atoms with Gasteiger partial charge in [-0.05, 0) is 33.2 Å². The van der Waals surface area contributed by atoms with Gasteiger partial charge in [-0.3, -0.25) is 0 Å². The molecule has 0 saturated carbocycles. The second-order valence-electron chi connectivity index (χ2n) is 6.50. The molecule has 3 rings (SSSR count). The van der Waals surface area contributed by atoms with E-state index in [1.807, 2.05) is 0 Å². The summed E-state index contributed by atoms with van der Waals surface area (Å²) < 4.78 is 12.3. The van der Waals surface area contributed by atoms with Gasteiger partial charge < -0.3 is 14.5 Å². The van der Waals surface area contributed by atoms with E-state index in [2.05, 4.69) is 45.1 Å². The summed E-state index contributed by atoms with van der Waals surface area (Å²) in [5.74, 6) is 2.01. The highest BCUT2D eigenvalue weighted by Gasteiger charge is 2.33. The van der Waals surface area contributed by atoms with Crippen LogP contribution in [0.2, 0.25) is 0 Å². The van der Waals surface area contributed by atoms with Crippen molar-refractivity contribution in [3.8, 4) is 5.75 Å². The van der Waals surface area contributed by atoms with Crippen LogP contribution in [0.1, 0.15) is 51.0 Å². The molecule has 3 nitrogen and oxygen atoms in total. The lowest BCUT2D eigenvalue weighted by Crippen LogP contribution is -2.24. The summed E-state index contributed by atoms with van der Waals surface area (Å²) >= 11 is 0. The minimum Gasteiger partial charge on any atom is -0.483 e. The number of ether oxygens (including phenoxy) is 1. The normalized spacial score (nSPS) is 16.2. The number of hydrogen-bond donors (Lipinski definition) is 1. The van der Waals surface area contributed by atoms with Gasteiger partial charge in [0, 0.05) is 22.9 Å². The molecule has 0 fully saturated rings. The Morgan fingerprint density at radius 2 is 2.05 bits per heavy atom. The van der Waals surface area contributed by atoms with Gasteiger partial charge in [0.2, 0.25) is 0 Å². The minimum atomic E-state index is -0.129. The van der Waals surface area contributed by atoms with Crippen LogP contribution in [0.3, 0.4) is 0 Å². The highest BCUT2D eigenvalue weighted by atomic mass is 16.5. The molecular weight excluding hydrogens is 262 g/mol. The first-order valence-electron chi connectivity index (χ1n) is 8.01. The standard InChI is InChI=1S/C18H25NO2/c1-5-9-19-11-15-13(6-2)14-8-7-12-10-18(3,4)21-16(12)17(14)20-15/h7-8,19H,5-6,9-11H2,1-4H3. The molecule has 0 saturated heterocycles. The maximum Gasteiger partial charge on any atom is 0.176 e. The lowest BCUT2D eigenvalue weighted by molar-refractivity contribution is 0.138. The van der Waals surface area contributed by atoms with E-state index in [9.17, 15) is 0 Å². The topological polar surface area (TPSA) is 34.4 Å². The van der Waals surface area contributed by atoms with Crippen LogP contribution in [-0.2, 0) is 19.4 Å². The molecule has 0 bridgehead atoms. The molecule has 2 aromatic rings. The molecule has 21 heavy (non-hydrogen) atoms. The van der Waals surface area contributed by atoms with Crippen molar-refractivity contribution in [3.05, 3.63) is 29.0 Å². The average molecular weight is 287 g/mol. The van der Waals surface area contributed by atoms with Gasteiger partial charge in [0.1, 0.15) is 11.4 Å². The summed E-state index contributed by atoms with van der Waals surface area (Å²) in [5.41, 5.74) is 3.38. The van der Waals surface area contributed by atoms with Gasteiger partial charge in [-0.15, -0.1) is 0 Å². The Morgan fingerprint density at radius 1 is 1.24 bits per heavy atom. The van der Waals surface area contributed by atoms with E-state index in [0.717, 1.165) is 49.4 Å². The van der Waals surface area contributed by atoms with Crippen LogP contribution < -0.4 is 10.1 Å². The number of fused-ring (bicyclic) bond motifs is 3. The Morgan fingerprint density at radius 3 is 2.76 bits per heavy atom. The number of nitrogens with one attached hydrogen (secondary N) is 1. The van der Waals surface area contributed by atoms with Crippen LogP contribution >= 0.6 is 0 Å². The van der Waals surface area contributed by atoms with Crippen molar-refractivity contribution in [2.45, 2.75) is 59.1 Å². The van der Waals surface area contributed by atoms with Gasteiger partial charge in [0.15, 0.2) is 11.3 Å². The number of furan rings is 1. The lowest BCUT2D eigenvalue weighted by Gasteiger charge is -2.16. The first kappa shape index (κ1) is 14.5. The van der Waals surface area contributed by atoms with Crippen molar-refractivity contribution < 1.29 is 9.15 Å².